The van der Waals surface area contributed by atoms with Gasteiger partial charge in [0.2, 0.25) is 0 Å². The summed E-state index contributed by atoms with van der Waals surface area (Å²) in [5.41, 5.74) is -1.12. The molecule has 0 aliphatic rings. The summed E-state index contributed by atoms with van der Waals surface area (Å²) in [4.78, 5) is 0. The van der Waals surface area contributed by atoms with Gasteiger partial charge in [0, 0.05) is 0 Å². The smallest absolute Gasteiger partial charge is 0.135 e. The van der Waals surface area contributed by atoms with Crippen molar-refractivity contribution < 1.29 is 13.9 Å². The number of aryl methyl sites for hydroxylation is 1. The number of hydrogen-bond acceptors (Lipinski definition) is 1. The summed E-state index contributed by atoms with van der Waals surface area (Å²) in [5.74, 6) is -1.41. The minimum Gasteiger partial charge on any atom is -0.380 e. The third kappa shape index (κ3) is 2.26. The van der Waals surface area contributed by atoms with E-state index in [9.17, 15) is 13.9 Å². The van der Waals surface area contributed by atoms with Crippen molar-refractivity contribution in [2.24, 2.45) is 0 Å². The van der Waals surface area contributed by atoms with Gasteiger partial charge in [-0.15, -0.1) is 0 Å². The Labute approximate surface area is 111 Å². The van der Waals surface area contributed by atoms with E-state index in [0.717, 1.165) is 0 Å². The molecule has 0 heterocycles. The zero-order valence-corrected chi connectivity index (χ0v) is 11.0. The molecule has 0 aliphatic heterocycles. The molecule has 0 amide bonds. The molecule has 0 saturated heterocycles. The average molecular weight is 262 g/mol. The van der Waals surface area contributed by atoms with Crippen LogP contribution in [0.4, 0.5) is 8.78 Å². The lowest BCUT2D eigenvalue weighted by atomic mass is 9.83. The van der Waals surface area contributed by atoms with Crippen LogP contribution in [0, 0.1) is 18.6 Å². The maximum Gasteiger partial charge on any atom is 0.135 e. The Morgan fingerprint density at radius 1 is 1.05 bits per heavy atom. The quantitative estimate of drug-likeness (QED) is 0.889. The largest absolute Gasteiger partial charge is 0.380 e. The summed E-state index contributed by atoms with van der Waals surface area (Å²) in [6, 6.07) is 11.2. The lowest BCUT2D eigenvalue weighted by Crippen LogP contribution is -2.29. The van der Waals surface area contributed by atoms with E-state index in [0.29, 0.717) is 11.1 Å². The van der Waals surface area contributed by atoms with Crippen molar-refractivity contribution in [3.05, 3.63) is 70.8 Å². The van der Waals surface area contributed by atoms with Gasteiger partial charge in [-0.3, -0.25) is 0 Å². The van der Waals surface area contributed by atoms with E-state index < -0.39 is 17.2 Å². The van der Waals surface area contributed by atoms with Gasteiger partial charge in [-0.05, 0) is 30.5 Å². The summed E-state index contributed by atoms with van der Waals surface area (Å²) in [7, 11) is 0. The first-order valence-corrected chi connectivity index (χ1v) is 6.23. The molecule has 0 aromatic heterocycles. The normalized spacial score (nSPS) is 14.2. The first-order chi connectivity index (χ1) is 9.00. The topological polar surface area (TPSA) is 20.2 Å². The minimum absolute atomic E-state index is 0.189. The number of aliphatic hydroxyl groups is 1. The fourth-order valence-electron chi connectivity index (χ4n) is 2.27. The third-order valence-electron chi connectivity index (χ3n) is 3.46. The van der Waals surface area contributed by atoms with Crippen LogP contribution in [0.15, 0.2) is 42.5 Å². The molecule has 0 aliphatic carbocycles. The standard InChI is InChI=1S/C16H16F2O/c1-3-16(19,12-7-5-4-6-8-12)14-13(17)10-9-11(2)15(14)18/h4-10,19H,3H2,1-2H3. The minimum atomic E-state index is -1.65. The van der Waals surface area contributed by atoms with Gasteiger partial charge in [-0.25, -0.2) is 8.78 Å². The van der Waals surface area contributed by atoms with Crippen LogP contribution in [-0.2, 0) is 5.60 Å². The highest BCUT2D eigenvalue weighted by Gasteiger charge is 2.35. The zero-order chi connectivity index (χ0) is 14.0. The van der Waals surface area contributed by atoms with E-state index in [1.54, 1.807) is 44.2 Å². The van der Waals surface area contributed by atoms with Gasteiger partial charge in [0.1, 0.15) is 17.2 Å². The molecule has 2 rings (SSSR count). The molecule has 1 atom stereocenters. The predicted molar refractivity (Wildman–Crippen MR) is 70.8 cm³/mol. The van der Waals surface area contributed by atoms with Crippen LogP contribution in [0.25, 0.3) is 0 Å². The Bertz CT molecular complexity index is 581. The van der Waals surface area contributed by atoms with Crippen molar-refractivity contribution in [1.82, 2.24) is 0 Å². The highest BCUT2D eigenvalue weighted by Crippen LogP contribution is 2.36. The number of halogens is 2. The number of benzene rings is 2. The van der Waals surface area contributed by atoms with E-state index in [4.69, 9.17) is 0 Å². The number of rotatable bonds is 3. The SMILES string of the molecule is CCC(O)(c1ccccc1)c1c(F)ccc(C)c1F. The first-order valence-electron chi connectivity index (χ1n) is 6.23. The van der Waals surface area contributed by atoms with Crippen LogP contribution in [0.5, 0.6) is 0 Å². The molecular weight excluding hydrogens is 246 g/mol. The Balaban J connectivity index is 2.70. The van der Waals surface area contributed by atoms with E-state index in [1.165, 1.54) is 12.1 Å². The Morgan fingerprint density at radius 3 is 2.26 bits per heavy atom. The molecule has 1 N–H and O–H groups in total. The van der Waals surface area contributed by atoms with Crippen molar-refractivity contribution in [3.8, 4) is 0 Å². The fraction of sp³-hybridized carbons (Fsp3) is 0.250. The fourth-order valence-corrected chi connectivity index (χ4v) is 2.27. The molecular formula is C16H16F2O. The van der Waals surface area contributed by atoms with Crippen LogP contribution in [-0.4, -0.2) is 5.11 Å². The van der Waals surface area contributed by atoms with E-state index in [2.05, 4.69) is 0 Å². The Hall–Kier alpha value is -1.74. The summed E-state index contributed by atoms with van der Waals surface area (Å²) < 4.78 is 28.2. The summed E-state index contributed by atoms with van der Waals surface area (Å²) >= 11 is 0. The van der Waals surface area contributed by atoms with Gasteiger partial charge >= 0.3 is 0 Å². The molecule has 2 aromatic rings. The number of hydrogen-bond donors (Lipinski definition) is 1. The van der Waals surface area contributed by atoms with Crippen molar-refractivity contribution in [2.45, 2.75) is 25.9 Å². The Kier molecular flexibility index (Phi) is 3.67. The Morgan fingerprint density at radius 2 is 1.68 bits per heavy atom. The summed E-state index contributed by atoms with van der Waals surface area (Å²) in [6.07, 6.45) is 0.189. The maximum absolute atomic E-state index is 14.2. The van der Waals surface area contributed by atoms with E-state index in [1.807, 2.05) is 0 Å². The van der Waals surface area contributed by atoms with Gasteiger partial charge in [0.25, 0.3) is 0 Å². The molecule has 3 heteroatoms. The second kappa shape index (κ2) is 5.10. The highest BCUT2D eigenvalue weighted by molar-refractivity contribution is 5.39. The molecule has 1 nitrogen and oxygen atoms in total. The molecule has 1 unspecified atom stereocenters. The van der Waals surface area contributed by atoms with Crippen LogP contribution >= 0.6 is 0 Å². The molecule has 2 aromatic carbocycles. The molecule has 0 spiro atoms. The third-order valence-corrected chi connectivity index (χ3v) is 3.46. The monoisotopic (exact) mass is 262 g/mol. The second-order valence-corrected chi connectivity index (χ2v) is 4.63. The zero-order valence-electron chi connectivity index (χ0n) is 11.0. The van der Waals surface area contributed by atoms with Gasteiger partial charge in [0.15, 0.2) is 0 Å². The maximum atomic E-state index is 14.2. The van der Waals surface area contributed by atoms with Crippen molar-refractivity contribution in [1.29, 1.82) is 0 Å². The molecule has 0 saturated carbocycles. The molecule has 19 heavy (non-hydrogen) atoms. The van der Waals surface area contributed by atoms with Gasteiger partial charge < -0.3 is 5.11 Å². The predicted octanol–water partition coefficient (Wildman–Crippen LogP) is 3.92. The second-order valence-electron chi connectivity index (χ2n) is 4.63. The highest BCUT2D eigenvalue weighted by atomic mass is 19.1. The average Bonchev–Trinajstić information content (AvgIpc) is 2.44. The lowest BCUT2D eigenvalue weighted by molar-refractivity contribution is 0.0682. The van der Waals surface area contributed by atoms with Crippen LogP contribution in [0.2, 0.25) is 0 Å². The lowest BCUT2D eigenvalue weighted by Gasteiger charge is -2.29. The van der Waals surface area contributed by atoms with Crippen LogP contribution < -0.4 is 0 Å². The van der Waals surface area contributed by atoms with Crippen LogP contribution in [0.3, 0.4) is 0 Å². The van der Waals surface area contributed by atoms with Crippen molar-refractivity contribution >= 4 is 0 Å². The van der Waals surface area contributed by atoms with Gasteiger partial charge in [-0.1, -0.05) is 43.3 Å². The van der Waals surface area contributed by atoms with E-state index >= 15 is 0 Å². The molecule has 0 radical (unpaired) electrons. The van der Waals surface area contributed by atoms with Crippen LogP contribution in [0.1, 0.15) is 30.0 Å². The van der Waals surface area contributed by atoms with Crippen molar-refractivity contribution in [3.63, 3.8) is 0 Å². The molecule has 100 valence electrons. The first kappa shape index (κ1) is 13.7. The van der Waals surface area contributed by atoms with E-state index in [-0.39, 0.29) is 12.0 Å². The molecule has 0 fully saturated rings. The summed E-state index contributed by atoms with van der Waals surface area (Å²) in [5, 5.41) is 10.8. The molecule has 0 bridgehead atoms. The van der Waals surface area contributed by atoms with Gasteiger partial charge in [0.05, 0.1) is 5.56 Å². The summed E-state index contributed by atoms with van der Waals surface area (Å²) in [6.45, 7) is 3.26. The van der Waals surface area contributed by atoms with Crippen molar-refractivity contribution in [2.75, 3.05) is 0 Å². The van der Waals surface area contributed by atoms with Gasteiger partial charge in [-0.2, -0.15) is 0 Å².